The number of methoxy groups -OCH3 is 2. The Balaban J connectivity index is 1.68. The molecule has 1 atom stereocenters. The molecule has 0 bridgehead atoms. The topological polar surface area (TPSA) is 85.3 Å². The van der Waals surface area contributed by atoms with Crippen LogP contribution in [0.25, 0.3) is 5.76 Å². The number of likely N-dealkylation sites (tertiary alicyclic amines) is 1. The molecule has 1 heterocycles. The van der Waals surface area contributed by atoms with E-state index in [9.17, 15) is 14.7 Å². The fraction of sp³-hybridized carbons (Fsp3) is 0.241. The summed E-state index contributed by atoms with van der Waals surface area (Å²) in [6.07, 6.45) is 0.553. The van der Waals surface area contributed by atoms with E-state index in [1.807, 2.05) is 42.5 Å². The van der Waals surface area contributed by atoms with E-state index in [1.165, 1.54) is 12.0 Å². The van der Waals surface area contributed by atoms with Gasteiger partial charge in [-0.25, -0.2) is 0 Å². The number of carbonyl (C=O) groups excluding carboxylic acids is 2. The minimum Gasteiger partial charge on any atom is -0.507 e. The van der Waals surface area contributed by atoms with E-state index >= 15 is 0 Å². The quantitative estimate of drug-likeness (QED) is 0.193. The summed E-state index contributed by atoms with van der Waals surface area (Å²) in [5.41, 5.74) is 2.19. The Hall–Kier alpha value is -4.10. The molecule has 1 unspecified atom stereocenters. The third-order valence-electron chi connectivity index (χ3n) is 6.07. The van der Waals surface area contributed by atoms with Crippen molar-refractivity contribution in [3.8, 4) is 11.5 Å². The molecule has 1 aliphatic rings. The average Bonchev–Trinajstić information content (AvgIpc) is 3.17. The maximum atomic E-state index is 13.1. The maximum Gasteiger partial charge on any atom is 0.295 e. The van der Waals surface area contributed by atoms with Crippen LogP contribution in [0.4, 0.5) is 0 Å². The van der Waals surface area contributed by atoms with Crippen molar-refractivity contribution in [1.82, 2.24) is 4.90 Å². The molecule has 1 N–H and O–H groups in total. The van der Waals surface area contributed by atoms with E-state index in [2.05, 4.69) is 0 Å². The summed E-state index contributed by atoms with van der Waals surface area (Å²) in [6, 6.07) is 23.1. The van der Waals surface area contributed by atoms with Gasteiger partial charge in [-0.2, -0.15) is 0 Å². The fourth-order valence-corrected chi connectivity index (χ4v) is 4.25. The second-order valence-electron chi connectivity index (χ2n) is 8.41. The van der Waals surface area contributed by atoms with Crippen molar-refractivity contribution in [3.63, 3.8) is 0 Å². The number of hydrogen-bond donors (Lipinski definition) is 1. The van der Waals surface area contributed by atoms with E-state index in [1.54, 1.807) is 43.5 Å². The lowest BCUT2D eigenvalue weighted by atomic mass is 9.95. The molecular formula is C29H29NO6. The number of aliphatic hydroxyl groups is 1. The normalized spacial score (nSPS) is 16.8. The lowest BCUT2D eigenvalue weighted by Crippen LogP contribution is -2.31. The van der Waals surface area contributed by atoms with Crippen LogP contribution in [-0.2, 0) is 20.9 Å². The van der Waals surface area contributed by atoms with Gasteiger partial charge in [0.05, 0.1) is 18.7 Å². The van der Waals surface area contributed by atoms with Crippen molar-refractivity contribution in [2.24, 2.45) is 0 Å². The van der Waals surface area contributed by atoms with Crippen LogP contribution in [0.1, 0.15) is 29.2 Å². The molecule has 4 rings (SSSR count). The number of ether oxygens (including phenoxy) is 3. The molecule has 0 radical (unpaired) electrons. The zero-order valence-electron chi connectivity index (χ0n) is 20.3. The molecule has 3 aromatic carbocycles. The van der Waals surface area contributed by atoms with Crippen LogP contribution in [0.15, 0.2) is 84.4 Å². The molecule has 3 aromatic rings. The molecule has 1 amide bonds. The van der Waals surface area contributed by atoms with Crippen LogP contribution in [-0.4, -0.2) is 49.1 Å². The fourth-order valence-electron chi connectivity index (χ4n) is 4.25. The van der Waals surface area contributed by atoms with Gasteiger partial charge in [-0.05, 0) is 41.8 Å². The predicted octanol–water partition coefficient (Wildman–Crippen LogP) is 4.73. The Labute approximate surface area is 210 Å². The van der Waals surface area contributed by atoms with Crippen molar-refractivity contribution in [3.05, 3.63) is 101 Å². The van der Waals surface area contributed by atoms with Gasteiger partial charge in [-0.3, -0.25) is 9.59 Å². The van der Waals surface area contributed by atoms with Gasteiger partial charge in [0.25, 0.3) is 11.7 Å². The third kappa shape index (κ3) is 5.42. The molecule has 186 valence electrons. The van der Waals surface area contributed by atoms with Gasteiger partial charge in [-0.1, -0.05) is 54.6 Å². The van der Waals surface area contributed by atoms with Crippen LogP contribution in [0.5, 0.6) is 11.5 Å². The Kier molecular flexibility index (Phi) is 8.02. The van der Waals surface area contributed by atoms with Gasteiger partial charge in [0.1, 0.15) is 23.9 Å². The summed E-state index contributed by atoms with van der Waals surface area (Å²) in [5, 5.41) is 11.2. The van der Waals surface area contributed by atoms with Crippen molar-refractivity contribution < 1.29 is 28.9 Å². The number of benzene rings is 3. The van der Waals surface area contributed by atoms with Gasteiger partial charge in [0, 0.05) is 25.8 Å². The first kappa shape index (κ1) is 25.0. The number of amides is 1. The lowest BCUT2D eigenvalue weighted by Gasteiger charge is -2.25. The summed E-state index contributed by atoms with van der Waals surface area (Å²) in [7, 11) is 3.11. The number of carbonyl (C=O) groups is 2. The van der Waals surface area contributed by atoms with Crippen molar-refractivity contribution in [1.29, 1.82) is 0 Å². The lowest BCUT2D eigenvalue weighted by molar-refractivity contribution is -0.140. The Morgan fingerprint density at radius 1 is 0.917 bits per heavy atom. The molecule has 0 aliphatic carbocycles. The number of hydrogen-bond acceptors (Lipinski definition) is 6. The molecule has 1 saturated heterocycles. The third-order valence-corrected chi connectivity index (χ3v) is 6.07. The Bertz CT molecular complexity index is 1240. The zero-order valence-corrected chi connectivity index (χ0v) is 20.3. The molecule has 7 heteroatoms. The first-order valence-corrected chi connectivity index (χ1v) is 11.7. The summed E-state index contributed by atoms with van der Waals surface area (Å²) < 4.78 is 16.3. The SMILES string of the molecule is COCCCN1C(=O)C(=O)/C(=C(/O)c2cccc(OC)c2)C1c1ccc(OCc2ccccc2)cc1. The van der Waals surface area contributed by atoms with Crippen LogP contribution in [0, 0.1) is 0 Å². The monoisotopic (exact) mass is 487 g/mol. The Morgan fingerprint density at radius 2 is 1.67 bits per heavy atom. The summed E-state index contributed by atoms with van der Waals surface area (Å²) >= 11 is 0. The first-order valence-electron chi connectivity index (χ1n) is 11.7. The highest BCUT2D eigenvalue weighted by atomic mass is 16.5. The molecule has 1 aliphatic heterocycles. The smallest absolute Gasteiger partial charge is 0.295 e. The molecular weight excluding hydrogens is 458 g/mol. The van der Waals surface area contributed by atoms with E-state index in [-0.39, 0.29) is 11.3 Å². The number of aliphatic hydroxyl groups excluding tert-OH is 1. The molecule has 1 fully saturated rings. The molecule has 0 saturated carbocycles. The molecule has 0 aromatic heterocycles. The highest BCUT2D eigenvalue weighted by Crippen LogP contribution is 2.40. The predicted molar refractivity (Wildman–Crippen MR) is 136 cm³/mol. The van der Waals surface area contributed by atoms with E-state index in [0.717, 1.165) is 5.56 Å². The van der Waals surface area contributed by atoms with Crippen LogP contribution < -0.4 is 9.47 Å². The standard InChI is InChI=1S/C29H29NO6/c1-34-17-7-16-30-26(21-12-14-23(15-13-21)36-19-20-8-4-3-5-9-20)25(28(32)29(30)33)27(31)22-10-6-11-24(18-22)35-2/h3-6,8-15,18,26,31H,7,16-17,19H2,1-2H3/b27-25+. The highest BCUT2D eigenvalue weighted by molar-refractivity contribution is 6.46. The van der Waals surface area contributed by atoms with Crippen molar-refractivity contribution >= 4 is 17.4 Å². The highest BCUT2D eigenvalue weighted by Gasteiger charge is 2.45. The zero-order chi connectivity index (χ0) is 25.5. The molecule has 36 heavy (non-hydrogen) atoms. The second-order valence-corrected chi connectivity index (χ2v) is 8.41. The van der Waals surface area contributed by atoms with Gasteiger partial charge >= 0.3 is 0 Å². The number of ketones is 1. The summed E-state index contributed by atoms with van der Waals surface area (Å²) in [5.74, 6) is -0.417. The summed E-state index contributed by atoms with van der Waals surface area (Å²) in [6.45, 7) is 1.17. The van der Waals surface area contributed by atoms with E-state index in [4.69, 9.17) is 14.2 Å². The maximum absolute atomic E-state index is 13.1. The summed E-state index contributed by atoms with van der Waals surface area (Å²) in [4.78, 5) is 27.6. The van der Waals surface area contributed by atoms with Gasteiger partial charge in [-0.15, -0.1) is 0 Å². The van der Waals surface area contributed by atoms with Gasteiger partial charge in [0.15, 0.2) is 0 Å². The van der Waals surface area contributed by atoms with Crippen LogP contribution in [0.3, 0.4) is 0 Å². The minimum absolute atomic E-state index is 0.0450. The minimum atomic E-state index is -0.740. The van der Waals surface area contributed by atoms with Crippen molar-refractivity contribution in [2.75, 3.05) is 27.4 Å². The van der Waals surface area contributed by atoms with Crippen LogP contribution >= 0.6 is 0 Å². The number of rotatable bonds is 10. The van der Waals surface area contributed by atoms with E-state index in [0.29, 0.717) is 48.8 Å². The first-order chi connectivity index (χ1) is 17.5. The van der Waals surface area contributed by atoms with Gasteiger partial charge < -0.3 is 24.2 Å². The Morgan fingerprint density at radius 3 is 2.36 bits per heavy atom. The number of nitrogens with zero attached hydrogens (tertiary/aromatic N) is 1. The van der Waals surface area contributed by atoms with Crippen molar-refractivity contribution in [2.45, 2.75) is 19.1 Å². The largest absolute Gasteiger partial charge is 0.507 e. The molecule has 7 nitrogen and oxygen atoms in total. The van der Waals surface area contributed by atoms with Gasteiger partial charge in [0.2, 0.25) is 0 Å². The second kappa shape index (κ2) is 11.6. The number of Topliss-reactive ketones (excluding diaryl/α,β-unsaturated/α-hetero) is 1. The van der Waals surface area contributed by atoms with Crippen LogP contribution in [0.2, 0.25) is 0 Å². The molecule has 0 spiro atoms. The average molecular weight is 488 g/mol. The van der Waals surface area contributed by atoms with E-state index < -0.39 is 17.7 Å².